The van der Waals surface area contributed by atoms with Crippen molar-refractivity contribution in [1.82, 2.24) is 10.6 Å². The molecule has 1 heterocycles. The number of primary sulfonamides is 1. The van der Waals surface area contributed by atoms with Crippen LogP contribution in [-0.2, 0) is 10.0 Å². The first-order chi connectivity index (χ1) is 11.9. The van der Waals surface area contributed by atoms with E-state index in [2.05, 4.69) is 10.6 Å². The molecule has 1 aromatic rings. The molecule has 2 atom stereocenters. The third-order valence-corrected chi connectivity index (χ3v) is 5.84. The van der Waals surface area contributed by atoms with Gasteiger partial charge in [-0.2, -0.15) is 0 Å². The van der Waals surface area contributed by atoms with Crippen molar-refractivity contribution in [2.75, 3.05) is 13.7 Å². The van der Waals surface area contributed by atoms with Crippen molar-refractivity contribution in [1.29, 1.82) is 0 Å². The van der Waals surface area contributed by atoms with Gasteiger partial charge in [-0.3, -0.25) is 4.79 Å². The average Bonchev–Trinajstić information content (AvgIpc) is 3.22. The van der Waals surface area contributed by atoms with Crippen molar-refractivity contribution < 1.29 is 17.9 Å². The molecule has 1 saturated heterocycles. The van der Waals surface area contributed by atoms with E-state index in [1.54, 1.807) is 0 Å². The van der Waals surface area contributed by atoms with Gasteiger partial charge in [0, 0.05) is 12.1 Å². The summed E-state index contributed by atoms with van der Waals surface area (Å²) in [4.78, 5) is 12.7. The van der Waals surface area contributed by atoms with Gasteiger partial charge in [-0.15, -0.1) is 0 Å². The number of hydrogen-bond donors (Lipinski definition) is 3. The van der Waals surface area contributed by atoms with Crippen LogP contribution in [0, 0.1) is 5.92 Å². The van der Waals surface area contributed by atoms with E-state index in [9.17, 15) is 13.2 Å². The molecular weight excluding hydrogens is 342 g/mol. The number of sulfonamides is 1. The fourth-order valence-electron chi connectivity index (χ4n) is 3.38. The molecule has 25 heavy (non-hydrogen) atoms. The molecule has 138 valence electrons. The van der Waals surface area contributed by atoms with Crippen LogP contribution in [-0.4, -0.2) is 40.1 Å². The number of carbonyl (C=O) groups is 1. The van der Waals surface area contributed by atoms with E-state index < -0.39 is 10.0 Å². The monoisotopic (exact) mass is 367 g/mol. The predicted molar refractivity (Wildman–Crippen MR) is 94.0 cm³/mol. The molecule has 2 unspecified atom stereocenters. The fourth-order valence-corrected chi connectivity index (χ4v) is 3.92. The van der Waals surface area contributed by atoms with Crippen LogP contribution in [0.5, 0.6) is 5.75 Å². The van der Waals surface area contributed by atoms with Crippen molar-refractivity contribution in [3.8, 4) is 5.75 Å². The summed E-state index contributed by atoms with van der Waals surface area (Å²) >= 11 is 0. The Bertz CT molecular complexity index is 740. The second-order valence-electron chi connectivity index (χ2n) is 6.87. The zero-order chi connectivity index (χ0) is 18.0. The zero-order valence-corrected chi connectivity index (χ0v) is 15.1. The topological polar surface area (TPSA) is 111 Å². The van der Waals surface area contributed by atoms with Crippen LogP contribution >= 0.6 is 0 Å². The van der Waals surface area contributed by atoms with Gasteiger partial charge in [0.1, 0.15) is 5.75 Å². The van der Waals surface area contributed by atoms with Crippen molar-refractivity contribution in [3.05, 3.63) is 23.8 Å². The van der Waals surface area contributed by atoms with Crippen LogP contribution in [0.25, 0.3) is 0 Å². The van der Waals surface area contributed by atoms with Gasteiger partial charge in [-0.25, -0.2) is 13.6 Å². The molecule has 3 rings (SSSR count). The molecule has 7 nitrogen and oxygen atoms in total. The minimum atomic E-state index is -3.88. The highest BCUT2D eigenvalue weighted by Gasteiger charge is 2.33. The molecule has 1 aromatic carbocycles. The molecule has 2 fully saturated rings. The van der Waals surface area contributed by atoms with Gasteiger partial charge in [-0.05, 0) is 49.9 Å². The Morgan fingerprint density at radius 2 is 2.16 bits per heavy atom. The first kappa shape index (κ1) is 18.2. The molecule has 0 spiro atoms. The Labute approximate surface area is 148 Å². The quantitative estimate of drug-likeness (QED) is 0.666. The summed E-state index contributed by atoms with van der Waals surface area (Å²) < 4.78 is 28.4. The van der Waals surface area contributed by atoms with E-state index in [-0.39, 0.29) is 28.4 Å². The number of nitrogens with two attached hydrogens (primary N) is 1. The second kappa shape index (κ2) is 7.31. The highest BCUT2D eigenvalue weighted by Crippen LogP contribution is 2.35. The summed E-state index contributed by atoms with van der Waals surface area (Å²) in [5, 5.41) is 11.7. The SMILES string of the molecule is COc1ccc(S(N)(=O)=O)cc1C(=O)NC(CC1CC1)C1CCCN1. The van der Waals surface area contributed by atoms with Gasteiger partial charge in [0.05, 0.1) is 17.6 Å². The molecule has 1 aliphatic heterocycles. The lowest BCUT2D eigenvalue weighted by Crippen LogP contribution is -2.47. The summed E-state index contributed by atoms with van der Waals surface area (Å²) in [6, 6.07) is 4.37. The van der Waals surface area contributed by atoms with E-state index in [1.165, 1.54) is 38.2 Å². The smallest absolute Gasteiger partial charge is 0.255 e. The molecule has 1 amide bonds. The van der Waals surface area contributed by atoms with E-state index >= 15 is 0 Å². The summed E-state index contributed by atoms with van der Waals surface area (Å²) in [5.41, 5.74) is 0.188. The van der Waals surface area contributed by atoms with E-state index in [4.69, 9.17) is 9.88 Å². The highest BCUT2D eigenvalue weighted by atomic mass is 32.2. The minimum Gasteiger partial charge on any atom is -0.496 e. The third-order valence-electron chi connectivity index (χ3n) is 4.93. The van der Waals surface area contributed by atoms with Crippen molar-refractivity contribution in [2.24, 2.45) is 11.1 Å². The van der Waals surface area contributed by atoms with Crippen molar-refractivity contribution in [3.63, 3.8) is 0 Å². The standard InChI is InChI=1S/C17H25N3O4S/c1-24-16-7-6-12(25(18,22)23)10-13(16)17(21)20-15(9-11-4-5-11)14-3-2-8-19-14/h6-7,10-11,14-15,19H,2-5,8-9H2,1H3,(H,20,21)(H2,18,22,23). The van der Waals surface area contributed by atoms with Crippen LogP contribution in [0.1, 0.15) is 42.5 Å². The van der Waals surface area contributed by atoms with E-state index in [0.29, 0.717) is 11.7 Å². The van der Waals surface area contributed by atoms with Gasteiger partial charge in [0.15, 0.2) is 0 Å². The van der Waals surface area contributed by atoms with Gasteiger partial charge >= 0.3 is 0 Å². The maximum absolute atomic E-state index is 12.8. The van der Waals surface area contributed by atoms with Crippen LogP contribution in [0.4, 0.5) is 0 Å². The number of hydrogen-bond acceptors (Lipinski definition) is 5. The predicted octanol–water partition coefficient (Wildman–Crippen LogP) is 0.993. The Kier molecular flexibility index (Phi) is 5.31. The zero-order valence-electron chi connectivity index (χ0n) is 14.3. The second-order valence-corrected chi connectivity index (χ2v) is 8.43. The van der Waals surface area contributed by atoms with Crippen molar-refractivity contribution >= 4 is 15.9 Å². The molecular formula is C17H25N3O4S. The number of ether oxygens (including phenoxy) is 1. The van der Waals surface area contributed by atoms with Crippen LogP contribution in [0.15, 0.2) is 23.1 Å². The molecule has 0 aromatic heterocycles. The summed E-state index contributed by atoms with van der Waals surface area (Å²) in [7, 11) is -2.44. The maximum Gasteiger partial charge on any atom is 0.255 e. The van der Waals surface area contributed by atoms with Gasteiger partial charge in [0.2, 0.25) is 10.0 Å². The summed E-state index contributed by atoms with van der Waals surface area (Å²) in [6.45, 7) is 0.964. The lowest BCUT2D eigenvalue weighted by molar-refractivity contribution is 0.0921. The molecule has 0 bridgehead atoms. The van der Waals surface area contributed by atoms with Crippen LogP contribution in [0.2, 0.25) is 0 Å². The van der Waals surface area contributed by atoms with Gasteiger partial charge in [0.25, 0.3) is 5.91 Å². The van der Waals surface area contributed by atoms with Crippen LogP contribution < -0.4 is 20.5 Å². The first-order valence-corrected chi connectivity index (χ1v) is 10.2. The molecule has 1 aliphatic carbocycles. The summed E-state index contributed by atoms with van der Waals surface area (Å²) in [5.74, 6) is 0.668. The Morgan fingerprint density at radius 1 is 1.40 bits per heavy atom. The number of carbonyl (C=O) groups excluding carboxylic acids is 1. The maximum atomic E-state index is 12.8. The average molecular weight is 367 g/mol. The largest absolute Gasteiger partial charge is 0.496 e. The van der Waals surface area contributed by atoms with Crippen LogP contribution in [0.3, 0.4) is 0 Å². The number of methoxy groups -OCH3 is 1. The molecule has 1 saturated carbocycles. The van der Waals surface area contributed by atoms with Crippen molar-refractivity contribution in [2.45, 2.75) is 49.1 Å². The molecule has 0 radical (unpaired) electrons. The number of nitrogens with one attached hydrogen (secondary N) is 2. The number of rotatable bonds is 7. The van der Waals surface area contributed by atoms with Gasteiger partial charge < -0.3 is 15.4 Å². The molecule has 2 aliphatic rings. The number of amides is 1. The van der Waals surface area contributed by atoms with E-state index in [0.717, 1.165) is 25.8 Å². The van der Waals surface area contributed by atoms with Gasteiger partial charge in [-0.1, -0.05) is 12.8 Å². The normalized spacial score (nSPS) is 21.8. The highest BCUT2D eigenvalue weighted by molar-refractivity contribution is 7.89. The lowest BCUT2D eigenvalue weighted by atomic mass is 9.99. The molecule has 8 heteroatoms. The third kappa shape index (κ3) is 4.50. The Morgan fingerprint density at radius 3 is 2.72 bits per heavy atom. The summed E-state index contributed by atoms with van der Waals surface area (Å²) in [6.07, 6.45) is 5.51. The lowest BCUT2D eigenvalue weighted by Gasteiger charge is -2.25. The minimum absolute atomic E-state index is 0.0327. The Balaban J connectivity index is 1.82. The Hall–Kier alpha value is -1.64. The van der Waals surface area contributed by atoms with E-state index in [1.807, 2.05) is 0 Å². The number of benzene rings is 1. The fraction of sp³-hybridized carbons (Fsp3) is 0.588. The molecule has 4 N–H and O–H groups in total. The first-order valence-electron chi connectivity index (χ1n) is 8.63.